The molecule has 6 aromatic carbocycles. The van der Waals surface area contributed by atoms with Crippen molar-refractivity contribution in [2.45, 2.75) is 13.3 Å². The molecule has 7 rings (SSSR count). The number of hydrogen-bond donors (Lipinski definition) is 0. The molecule has 0 atom stereocenters. The Labute approximate surface area is 285 Å². The van der Waals surface area contributed by atoms with Crippen LogP contribution in [0, 0.1) is 0 Å². The molecule has 48 heavy (non-hydrogen) atoms. The third-order valence-electron chi connectivity index (χ3n) is 9.03. The molecule has 1 heterocycles. The van der Waals surface area contributed by atoms with Crippen LogP contribution in [-0.2, 0) is 0 Å². The summed E-state index contributed by atoms with van der Waals surface area (Å²) < 4.78 is 11.3. The molecule has 5 heteroatoms. The SMILES string of the molecule is C/C(=N\[Si](c1ccccc1)(c1ccccc1)c1ccccc1)C1=CCC(/C=N/[Si](c2ccccc2)(c2ccccc2)c2ccccc2)=N1. The summed E-state index contributed by atoms with van der Waals surface area (Å²) in [5, 5.41) is 7.47. The molecule has 6 aromatic rings. The van der Waals surface area contributed by atoms with Gasteiger partial charge in [-0.25, -0.2) is 0 Å². The highest BCUT2D eigenvalue weighted by Gasteiger charge is 2.41. The van der Waals surface area contributed by atoms with Crippen molar-refractivity contribution in [3.05, 3.63) is 194 Å². The van der Waals surface area contributed by atoms with Gasteiger partial charge >= 0.3 is 0 Å². The van der Waals surface area contributed by atoms with E-state index in [9.17, 15) is 0 Å². The molecular formula is C43H37N3Si2. The predicted octanol–water partition coefficient (Wildman–Crippen LogP) is 5.58. The lowest BCUT2D eigenvalue weighted by Gasteiger charge is -2.30. The number of aliphatic imine (C=N–C) groups is 1. The van der Waals surface area contributed by atoms with Gasteiger partial charge in [0.1, 0.15) is 0 Å². The number of benzene rings is 6. The van der Waals surface area contributed by atoms with Crippen LogP contribution in [0.3, 0.4) is 0 Å². The number of allylic oxidation sites excluding steroid dienone is 2. The number of nitrogens with zero attached hydrogens (tertiary/aromatic N) is 3. The van der Waals surface area contributed by atoms with E-state index in [-0.39, 0.29) is 0 Å². The molecule has 1 aliphatic heterocycles. The van der Waals surface area contributed by atoms with E-state index < -0.39 is 16.5 Å². The predicted molar refractivity (Wildman–Crippen MR) is 210 cm³/mol. The quantitative estimate of drug-likeness (QED) is 0.105. The van der Waals surface area contributed by atoms with Gasteiger partial charge in [-0.1, -0.05) is 188 Å². The summed E-state index contributed by atoms with van der Waals surface area (Å²) in [5.41, 5.74) is 2.81. The van der Waals surface area contributed by atoms with Gasteiger partial charge in [-0.3, -0.25) is 4.99 Å². The van der Waals surface area contributed by atoms with Gasteiger partial charge in [-0.05, 0) is 38.0 Å². The minimum atomic E-state index is -2.81. The van der Waals surface area contributed by atoms with Crippen LogP contribution in [0.4, 0.5) is 0 Å². The average Bonchev–Trinajstić information content (AvgIpc) is 3.66. The molecule has 0 amide bonds. The highest BCUT2D eigenvalue weighted by molar-refractivity contribution is 7.11. The molecule has 0 aromatic heterocycles. The standard InChI is InChI=1S/C43H37N3Si2/c1-35(46-48(40-26-14-5-15-27-40,41-28-16-6-17-29-41)42-30-18-7-19-31-42)43-33-32-36(45-43)34-44-47(37-20-8-2-9-21-37,38-22-10-3-11-23-38)39-24-12-4-13-25-39/h2-31,33-34H,32H2,1H3/b44-34+,46-35+. The van der Waals surface area contributed by atoms with E-state index in [0.29, 0.717) is 6.42 Å². The second kappa shape index (κ2) is 14.1. The summed E-state index contributed by atoms with van der Waals surface area (Å²) in [7, 11) is -5.58. The maximum Gasteiger partial charge on any atom is 0.273 e. The van der Waals surface area contributed by atoms with Crippen LogP contribution >= 0.6 is 0 Å². The third-order valence-corrected chi connectivity index (χ3v) is 17.2. The zero-order valence-electron chi connectivity index (χ0n) is 27.0. The van der Waals surface area contributed by atoms with E-state index in [1.165, 1.54) is 31.1 Å². The number of rotatable bonds is 10. The molecular weight excluding hydrogens is 615 g/mol. The lowest BCUT2D eigenvalue weighted by atomic mass is 10.3. The zero-order chi connectivity index (χ0) is 32.7. The van der Waals surface area contributed by atoms with Gasteiger partial charge in [0.15, 0.2) is 0 Å². The van der Waals surface area contributed by atoms with E-state index in [0.717, 1.165) is 17.1 Å². The van der Waals surface area contributed by atoms with Crippen LogP contribution in [0.15, 0.2) is 208 Å². The van der Waals surface area contributed by atoms with Gasteiger partial charge in [0.25, 0.3) is 16.5 Å². The van der Waals surface area contributed by atoms with E-state index in [1.807, 2.05) is 6.21 Å². The van der Waals surface area contributed by atoms with Crippen LogP contribution in [0.25, 0.3) is 0 Å². The highest BCUT2D eigenvalue weighted by Crippen LogP contribution is 2.17. The zero-order valence-corrected chi connectivity index (χ0v) is 29.0. The van der Waals surface area contributed by atoms with E-state index >= 15 is 0 Å². The highest BCUT2D eigenvalue weighted by atomic mass is 28.3. The summed E-state index contributed by atoms with van der Waals surface area (Å²) in [5.74, 6) is 0. The minimum absolute atomic E-state index is 0.713. The van der Waals surface area contributed by atoms with Gasteiger partial charge in [-0.2, -0.15) is 0 Å². The first-order valence-electron chi connectivity index (χ1n) is 16.4. The summed E-state index contributed by atoms with van der Waals surface area (Å²) in [4.78, 5) is 5.18. The monoisotopic (exact) mass is 651 g/mol. The van der Waals surface area contributed by atoms with Gasteiger partial charge in [0.2, 0.25) is 0 Å². The largest absolute Gasteiger partial charge is 0.310 e. The second-order valence-electron chi connectivity index (χ2n) is 12.0. The van der Waals surface area contributed by atoms with Gasteiger partial charge in [-0.15, -0.1) is 0 Å². The maximum absolute atomic E-state index is 5.73. The molecule has 0 spiro atoms. The lowest BCUT2D eigenvalue weighted by Crippen LogP contribution is -2.66. The Bertz CT molecular complexity index is 1880. The van der Waals surface area contributed by atoms with E-state index in [2.05, 4.69) is 195 Å². The van der Waals surface area contributed by atoms with Crippen molar-refractivity contribution in [1.29, 1.82) is 0 Å². The van der Waals surface area contributed by atoms with Gasteiger partial charge in [0.05, 0.1) is 11.4 Å². The van der Waals surface area contributed by atoms with Gasteiger partial charge < -0.3 is 9.32 Å². The summed E-state index contributed by atoms with van der Waals surface area (Å²) in [6, 6.07) is 64.6. The molecule has 3 nitrogen and oxygen atoms in total. The van der Waals surface area contributed by atoms with Crippen molar-refractivity contribution >= 4 is 65.2 Å². The Morgan fingerprint density at radius 1 is 0.479 bits per heavy atom. The molecule has 1 aliphatic rings. The summed E-state index contributed by atoms with van der Waals surface area (Å²) in [6.07, 6.45) is 4.95. The van der Waals surface area contributed by atoms with Crippen molar-refractivity contribution in [2.75, 3.05) is 0 Å². The first kappa shape index (κ1) is 31.1. The fourth-order valence-corrected chi connectivity index (χ4v) is 14.6. The smallest absolute Gasteiger partial charge is 0.273 e. The van der Waals surface area contributed by atoms with Crippen LogP contribution in [-0.4, -0.2) is 34.1 Å². The molecule has 0 saturated carbocycles. The second-order valence-corrected chi connectivity index (χ2v) is 18.8. The van der Waals surface area contributed by atoms with Crippen molar-refractivity contribution in [3.63, 3.8) is 0 Å². The van der Waals surface area contributed by atoms with Crippen molar-refractivity contribution in [2.24, 2.45) is 14.3 Å². The molecule has 0 fully saturated rings. The summed E-state index contributed by atoms with van der Waals surface area (Å²) in [6.45, 7) is 2.11. The average molecular weight is 652 g/mol. The van der Waals surface area contributed by atoms with Gasteiger partial charge in [0, 0.05) is 18.3 Å². The Hall–Kier alpha value is -5.50. The number of hydrogen-bond acceptors (Lipinski definition) is 3. The first-order chi connectivity index (χ1) is 23.7. The Morgan fingerprint density at radius 3 is 1.12 bits per heavy atom. The van der Waals surface area contributed by atoms with Crippen molar-refractivity contribution < 1.29 is 0 Å². The minimum Gasteiger partial charge on any atom is -0.310 e. The van der Waals surface area contributed by atoms with Crippen molar-refractivity contribution in [1.82, 2.24) is 0 Å². The molecule has 0 N–H and O–H groups in total. The first-order valence-corrected chi connectivity index (χ1v) is 20.3. The normalized spacial score (nSPS) is 13.7. The van der Waals surface area contributed by atoms with Crippen LogP contribution in [0.5, 0.6) is 0 Å². The maximum atomic E-state index is 5.73. The van der Waals surface area contributed by atoms with E-state index in [4.69, 9.17) is 14.3 Å². The molecule has 0 unspecified atom stereocenters. The molecule has 0 radical (unpaired) electrons. The molecule has 0 bridgehead atoms. The molecule has 0 saturated heterocycles. The Morgan fingerprint density at radius 2 is 0.792 bits per heavy atom. The van der Waals surface area contributed by atoms with Crippen LogP contribution < -0.4 is 31.1 Å². The Balaban J connectivity index is 1.33. The summed E-state index contributed by atoms with van der Waals surface area (Å²) >= 11 is 0. The Kier molecular flexibility index (Phi) is 9.14. The van der Waals surface area contributed by atoms with Crippen molar-refractivity contribution in [3.8, 4) is 0 Å². The fraction of sp³-hybridized carbons (Fsp3) is 0.0465. The molecule has 0 aliphatic carbocycles. The van der Waals surface area contributed by atoms with Crippen LogP contribution in [0.1, 0.15) is 13.3 Å². The van der Waals surface area contributed by atoms with E-state index in [1.54, 1.807) is 0 Å². The third kappa shape index (κ3) is 6.02. The molecule has 232 valence electrons. The topological polar surface area (TPSA) is 37.1 Å². The lowest BCUT2D eigenvalue weighted by molar-refractivity contribution is 1.45. The fourth-order valence-electron chi connectivity index (χ4n) is 6.73. The van der Waals surface area contributed by atoms with Crippen LogP contribution in [0.2, 0.25) is 0 Å².